The minimum absolute atomic E-state index is 0.119. The number of rotatable bonds is 7. The fraction of sp³-hybridized carbons (Fsp3) is 0.278. The lowest BCUT2D eigenvalue weighted by Gasteiger charge is -2.16. The van der Waals surface area contributed by atoms with E-state index in [9.17, 15) is 9.90 Å². The van der Waals surface area contributed by atoms with Crippen LogP contribution in [0.2, 0.25) is 0 Å². The molecule has 0 spiro atoms. The number of nitrogens with one attached hydrogen (secondary N) is 1. The van der Waals surface area contributed by atoms with E-state index in [-0.39, 0.29) is 12.5 Å². The van der Waals surface area contributed by atoms with Crippen LogP contribution in [0, 0.1) is 0 Å². The van der Waals surface area contributed by atoms with Crippen molar-refractivity contribution in [1.29, 1.82) is 0 Å². The summed E-state index contributed by atoms with van der Waals surface area (Å²) in [5, 5.41) is 12.8. The molecule has 2 aromatic carbocycles. The lowest BCUT2D eigenvalue weighted by atomic mass is 10.1. The minimum Gasteiger partial charge on any atom is -0.497 e. The molecule has 2 aromatic rings. The Hall–Kier alpha value is -2.37. The van der Waals surface area contributed by atoms with E-state index >= 15 is 0 Å². The summed E-state index contributed by atoms with van der Waals surface area (Å²) in [4.78, 5) is 12.0. The van der Waals surface area contributed by atoms with Crippen molar-refractivity contribution in [2.45, 2.75) is 18.6 Å². The zero-order valence-corrected chi connectivity index (χ0v) is 13.1. The fourth-order valence-corrected chi connectivity index (χ4v) is 2.23. The number of nitrogens with two attached hydrogens (primary N) is 1. The molecule has 0 bridgehead atoms. The number of aliphatic hydroxyl groups is 1. The first-order valence-corrected chi connectivity index (χ1v) is 7.49. The van der Waals surface area contributed by atoms with Gasteiger partial charge in [0.2, 0.25) is 5.91 Å². The topological polar surface area (TPSA) is 84.6 Å². The highest BCUT2D eigenvalue weighted by molar-refractivity contribution is 5.81. The summed E-state index contributed by atoms with van der Waals surface area (Å²) in [6.45, 7) is 0.119. The number of methoxy groups -OCH3 is 1. The number of ether oxygens (including phenoxy) is 1. The standard InChI is InChI=1S/C18H22N2O3/c1-23-15-9-7-14(8-10-15)17(21)12-20-18(22)16(19)11-13-5-3-2-4-6-13/h2-10,16-17,21H,11-12,19H2,1H3,(H,20,22). The fourth-order valence-electron chi connectivity index (χ4n) is 2.23. The van der Waals surface area contributed by atoms with Crippen molar-refractivity contribution in [3.05, 3.63) is 65.7 Å². The third-order valence-corrected chi connectivity index (χ3v) is 3.61. The molecule has 2 unspecified atom stereocenters. The van der Waals surface area contributed by atoms with Crippen LogP contribution in [0.25, 0.3) is 0 Å². The Labute approximate surface area is 136 Å². The van der Waals surface area contributed by atoms with E-state index in [1.54, 1.807) is 31.4 Å². The summed E-state index contributed by atoms with van der Waals surface area (Å²) in [5.74, 6) is 0.441. The Balaban J connectivity index is 1.82. The van der Waals surface area contributed by atoms with Crippen LogP contribution in [0.4, 0.5) is 0 Å². The lowest BCUT2D eigenvalue weighted by Crippen LogP contribution is -2.43. The van der Waals surface area contributed by atoms with Crippen LogP contribution in [-0.2, 0) is 11.2 Å². The highest BCUT2D eigenvalue weighted by atomic mass is 16.5. The van der Waals surface area contributed by atoms with Crippen molar-refractivity contribution in [1.82, 2.24) is 5.32 Å². The predicted octanol–water partition coefficient (Wildman–Crippen LogP) is 1.41. The Bertz CT molecular complexity index is 614. The molecule has 0 aliphatic carbocycles. The van der Waals surface area contributed by atoms with Gasteiger partial charge in [-0.25, -0.2) is 0 Å². The van der Waals surface area contributed by atoms with Crippen molar-refractivity contribution in [3.63, 3.8) is 0 Å². The summed E-state index contributed by atoms with van der Waals surface area (Å²) in [5.41, 5.74) is 7.62. The van der Waals surface area contributed by atoms with E-state index in [2.05, 4.69) is 5.32 Å². The van der Waals surface area contributed by atoms with Crippen LogP contribution < -0.4 is 15.8 Å². The van der Waals surface area contributed by atoms with Gasteiger partial charge in [-0.05, 0) is 29.7 Å². The van der Waals surface area contributed by atoms with Gasteiger partial charge in [0.1, 0.15) is 5.75 Å². The molecule has 1 amide bonds. The molecule has 2 rings (SSSR count). The molecule has 0 aliphatic rings. The van der Waals surface area contributed by atoms with E-state index < -0.39 is 12.1 Å². The summed E-state index contributed by atoms with van der Waals surface area (Å²) in [6.07, 6.45) is -0.320. The maximum absolute atomic E-state index is 12.0. The molecule has 4 N–H and O–H groups in total. The highest BCUT2D eigenvalue weighted by Gasteiger charge is 2.16. The van der Waals surface area contributed by atoms with Gasteiger partial charge in [-0.15, -0.1) is 0 Å². The van der Waals surface area contributed by atoms with E-state index in [1.165, 1.54) is 0 Å². The first kappa shape index (κ1) is 17.0. The van der Waals surface area contributed by atoms with Crippen LogP contribution in [0.1, 0.15) is 17.2 Å². The molecule has 0 saturated carbocycles. The van der Waals surface area contributed by atoms with Crippen LogP contribution in [0.3, 0.4) is 0 Å². The Morgan fingerprint density at radius 1 is 1.17 bits per heavy atom. The second kappa shape index (κ2) is 8.31. The lowest BCUT2D eigenvalue weighted by molar-refractivity contribution is -0.122. The molecule has 2 atom stereocenters. The van der Waals surface area contributed by atoms with E-state index in [1.807, 2.05) is 30.3 Å². The average Bonchev–Trinajstić information content (AvgIpc) is 2.60. The molecule has 23 heavy (non-hydrogen) atoms. The normalized spacial score (nSPS) is 13.2. The van der Waals surface area contributed by atoms with Gasteiger partial charge < -0.3 is 20.9 Å². The maximum Gasteiger partial charge on any atom is 0.237 e. The third kappa shape index (κ3) is 5.09. The van der Waals surface area contributed by atoms with Crippen molar-refractivity contribution in [2.75, 3.05) is 13.7 Å². The zero-order valence-electron chi connectivity index (χ0n) is 13.1. The SMILES string of the molecule is COc1ccc(C(O)CNC(=O)C(N)Cc2ccccc2)cc1. The van der Waals surface area contributed by atoms with E-state index in [0.29, 0.717) is 12.0 Å². The van der Waals surface area contributed by atoms with Crippen LogP contribution in [0.15, 0.2) is 54.6 Å². The van der Waals surface area contributed by atoms with Gasteiger partial charge in [-0.2, -0.15) is 0 Å². The molecule has 0 saturated heterocycles. The number of hydrogen-bond donors (Lipinski definition) is 3. The van der Waals surface area contributed by atoms with Crippen molar-refractivity contribution in [3.8, 4) is 5.75 Å². The molecule has 122 valence electrons. The zero-order chi connectivity index (χ0) is 16.7. The number of benzene rings is 2. The molecule has 0 aromatic heterocycles. The molecule has 0 radical (unpaired) electrons. The first-order valence-electron chi connectivity index (χ1n) is 7.49. The van der Waals surface area contributed by atoms with Gasteiger partial charge in [-0.3, -0.25) is 4.79 Å². The second-order valence-corrected chi connectivity index (χ2v) is 5.33. The van der Waals surface area contributed by atoms with Crippen LogP contribution in [0.5, 0.6) is 5.75 Å². The third-order valence-electron chi connectivity index (χ3n) is 3.61. The number of amides is 1. The first-order chi connectivity index (χ1) is 11.1. The van der Waals surface area contributed by atoms with Gasteiger partial charge in [0.25, 0.3) is 0 Å². The van der Waals surface area contributed by atoms with Gasteiger partial charge in [0.15, 0.2) is 0 Å². The van der Waals surface area contributed by atoms with Gasteiger partial charge in [0, 0.05) is 6.54 Å². The van der Waals surface area contributed by atoms with Crippen LogP contribution in [-0.4, -0.2) is 30.7 Å². The maximum atomic E-state index is 12.0. The monoisotopic (exact) mass is 314 g/mol. The Morgan fingerprint density at radius 3 is 2.43 bits per heavy atom. The van der Waals surface area contributed by atoms with E-state index in [0.717, 1.165) is 11.3 Å². The summed E-state index contributed by atoms with van der Waals surface area (Å²) >= 11 is 0. The van der Waals surface area contributed by atoms with Crippen LogP contribution >= 0.6 is 0 Å². The summed E-state index contributed by atoms with van der Waals surface area (Å²) in [6, 6.07) is 16.0. The number of carbonyl (C=O) groups is 1. The molecule has 0 fully saturated rings. The highest BCUT2D eigenvalue weighted by Crippen LogP contribution is 2.17. The molecule has 5 heteroatoms. The largest absolute Gasteiger partial charge is 0.497 e. The quantitative estimate of drug-likeness (QED) is 0.721. The number of aliphatic hydroxyl groups excluding tert-OH is 1. The smallest absolute Gasteiger partial charge is 0.237 e. The summed E-state index contributed by atoms with van der Waals surface area (Å²) < 4.78 is 5.07. The summed E-state index contributed by atoms with van der Waals surface area (Å²) in [7, 11) is 1.58. The van der Waals surface area contributed by atoms with E-state index in [4.69, 9.17) is 10.5 Å². The average molecular weight is 314 g/mol. The van der Waals surface area contributed by atoms with Gasteiger partial charge >= 0.3 is 0 Å². The minimum atomic E-state index is -0.784. The molecular formula is C18H22N2O3. The number of carbonyl (C=O) groups excluding carboxylic acids is 1. The predicted molar refractivity (Wildman–Crippen MR) is 89.1 cm³/mol. The number of hydrogen-bond acceptors (Lipinski definition) is 4. The molecular weight excluding hydrogens is 292 g/mol. The van der Waals surface area contributed by atoms with Crippen molar-refractivity contribution >= 4 is 5.91 Å². The Morgan fingerprint density at radius 2 is 1.83 bits per heavy atom. The van der Waals surface area contributed by atoms with Gasteiger partial charge in [-0.1, -0.05) is 42.5 Å². The second-order valence-electron chi connectivity index (χ2n) is 5.33. The molecule has 0 aliphatic heterocycles. The molecule has 0 heterocycles. The Kier molecular flexibility index (Phi) is 6.14. The van der Waals surface area contributed by atoms with Crippen molar-refractivity contribution < 1.29 is 14.6 Å². The molecule has 5 nitrogen and oxygen atoms in total. The van der Waals surface area contributed by atoms with Crippen molar-refractivity contribution in [2.24, 2.45) is 5.73 Å². The van der Waals surface area contributed by atoms with Gasteiger partial charge in [0.05, 0.1) is 19.3 Å².